The zero-order valence-electron chi connectivity index (χ0n) is 18.1. The lowest BCUT2D eigenvalue weighted by atomic mass is 10.2. The molecule has 2 aliphatic rings. The van der Waals surface area contributed by atoms with Gasteiger partial charge in [-0.2, -0.15) is 0 Å². The summed E-state index contributed by atoms with van der Waals surface area (Å²) in [4.78, 5) is 9.40. The van der Waals surface area contributed by atoms with Crippen LogP contribution < -0.4 is 5.32 Å². The number of aliphatic hydroxyl groups is 1. The molecule has 2 N–H and O–H groups in total. The highest BCUT2D eigenvalue weighted by molar-refractivity contribution is 14.0. The summed E-state index contributed by atoms with van der Waals surface area (Å²) >= 11 is 0. The number of hydrogen-bond acceptors (Lipinski definition) is 4. The van der Waals surface area contributed by atoms with Gasteiger partial charge >= 0.3 is 0 Å². The first kappa shape index (κ1) is 25.1. The van der Waals surface area contributed by atoms with Crippen molar-refractivity contribution in [1.29, 1.82) is 0 Å². The maximum Gasteiger partial charge on any atom is 0.194 e. The second kappa shape index (κ2) is 14.0. The third-order valence-electron chi connectivity index (χ3n) is 5.29. The van der Waals surface area contributed by atoms with Crippen LogP contribution in [0.1, 0.15) is 25.3 Å². The smallest absolute Gasteiger partial charge is 0.194 e. The van der Waals surface area contributed by atoms with Crippen LogP contribution in [0, 0.1) is 5.92 Å². The Hall–Kier alpha value is -1.16. The van der Waals surface area contributed by atoms with Gasteiger partial charge in [-0.3, -0.25) is 9.89 Å². The van der Waals surface area contributed by atoms with Crippen LogP contribution in [-0.4, -0.2) is 86.0 Å². The minimum atomic E-state index is -0.535. The summed E-state index contributed by atoms with van der Waals surface area (Å²) in [5.74, 6) is 1.62. The van der Waals surface area contributed by atoms with Gasteiger partial charge in [0.2, 0.25) is 0 Å². The third-order valence-corrected chi connectivity index (χ3v) is 5.29. The van der Waals surface area contributed by atoms with Gasteiger partial charge in [0, 0.05) is 45.9 Å². The number of benzene rings is 1. The fourth-order valence-corrected chi connectivity index (χ4v) is 3.37. The number of nitrogens with zero attached hydrogens (tertiary/aromatic N) is 3. The van der Waals surface area contributed by atoms with E-state index in [2.05, 4.69) is 63.5 Å². The summed E-state index contributed by atoms with van der Waals surface area (Å²) in [6.07, 6.45) is 6.43. The number of halogens is 1. The van der Waals surface area contributed by atoms with Crippen LogP contribution in [-0.2, 0) is 4.74 Å². The van der Waals surface area contributed by atoms with Crippen LogP contribution in [0.3, 0.4) is 0 Å². The Morgan fingerprint density at radius 3 is 2.63 bits per heavy atom. The lowest BCUT2D eigenvalue weighted by molar-refractivity contribution is 0.0367. The molecular weight excluding hydrogens is 491 g/mol. The number of aliphatic imine (C=N–C) groups is 1. The van der Waals surface area contributed by atoms with E-state index in [1.165, 1.54) is 18.4 Å². The third kappa shape index (κ3) is 9.32. The fraction of sp³-hybridized carbons (Fsp3) is 0.609. The van der Waals surface area contributed by atoms with Crippen molar-refractivity contribution in [3.05, 3.63) is 42.0 Å². The molecule has 0 aromatic heterocycles. The monoisotopic (exact) mass is 528 g/mol. The summed E-state index contributed by atoms with van der Waals surface area (Å²) in [6.45, 7) is 9.32. The first-order valence-electron chi connectivity index (χ1n) is 11.0. The SMILES string of the molecule is CCNC(=NCC(O)COCC1CC1)N1CCN(C/C=C/c2ccccc2)CC1.I. The van der Waals surface area contributed by atoms with Crippen LogP contribution in [0.2, 0.25) is 0 Å². The lowest BCUT2D eigenvalue weighted by Gasteiger charge is -2.36. The Labute approximate surface area is 198 Å². The highest BCUT2D eigenvalue weighted by atomic mass is 127. The normalized spacial score (nSPS) is 19.0. The van der Waals surface area contributed by atoms with Crippen molar-refractivity contribution in [2.45, 2.75) is 25.9 Å². The van der Waals surface area contributed by atoms with E-state index in [0.717, 1.165) is 57.8 Å². The van der Waals surface area contributed by atoms with E-state index in [1.807, 2.05) is 6.07 Å². The molecule has 30 heavy (non-hydrogen) atoms. The molecule has 7 heteroatoms. The molecule has 1 aliphatic carbocycles. The van der Waals surface area contributed by atoms with Crippen LogP contribution in [0.5, 0.6) is 0 Å². The van der Waals surface area contributed by atoms with Crippen molar-refractivity contribution in [1.82, 2.24) is 15.1 Å². The summed E-state index contributed by atoms with van der Waals surface area (Å²) in [5.41, 5.74) is 1.24. The highest BCUT2D eigenvalue weighted by Gasteiger charge is 2.22. The van der Waals surface area contributed by atoms with Gasteiger partial charge in [0.05, 0.1) is 19.3 Å². The molecule has 1 unspecified atom stereocenters. The van der Waals surface area contributed by atoms with Gasteiger partial charge in [-0.05, 0) is 31.2 Å². The number of ether oxygens (including phenoxy) is 1. The van der Waals surface area contributed by atoms with E-state index in [4.69, 9.17) is 4.74 Å². The Balaban J connectivity index is 0.00000320. The molecule has 2 fully saturated rings. The number of rotatable bonds is 10. The van der Waals surface area contributed by atoms with Gasteiger partial charge in [0.1, 0.15) is 0 Å². The second-order valence-corrected chi connectivity index (χ2v) is 7.93. The van der Waals surface area contributed by atoms with Crippen molar-refractivity contribution in [2.75, 3.05) is 59.0 Å². The molecule has 1 saturated heterocycles. The highest BCUT2D eigenvalue weighted by Crippen LogP contribution is 2.28. The van der Waals surface area contributed by atoms with E-state index < -0.39 is 6.10 Å². The molecule has 1 heterocycles. The summed E-state index contributed by atoms with van der Waals surface area (Å²) in [7, 11) is 0. The molecule has 168 valence electrons. The Kier molecular flexibility index (Phi) is 11.7. The topological polar surface area (TPSA) is 60.3 Å². The molecule has 1 atom stereocenters. The van der Waals surface area contributed by atoms with Crippen LogP contribution in [0.15, 0.2) is 41.4 Å². The van der Waals surface area contributed by atoms with Crippen molar-refractivity contribution in [3.8, 4) is 0 Å². The van der Waals surface area contributed by atoms with E-state index >= 15 is 0 Å². The van der Waals surface area contributed by atoms with E-state index in [0.29, 0.717) is 13.2 Å². The van der Waals surface area contributed by atoms with Gasteiger partial charge in [-0.25, -0.2) is 0 Å². The molecule has 0 bridgehead atoms. The van der Waals surface area contributed by atoms with E-state index in [1.54, 1.807) is 0 Å². The largest absolute Gasteiger partial charge is 0.389 e. The van der Waals surface area contributed by atoms with Gasteiger partial charge < -0.3 is 20.1 Å². The number of aliphatic hydroxyl groups excluding tert-OH is 1. The zero-order valence-corrected chi connectivity index (χ0v) is 20.4. The average Bonchev–Trinajstić information content (AvgIpc) is 3.57. The van der Waals surface area contributed by atoms with Crippen molar-refractivity contribution in [2.24, 2.45) is 10.9 Å². The quantitative estimate of drug-likeness (QED) is 0.278. The molecular formula is C23H37IN4O2. The average molecular weight is 528 g/mol. The summed E-state index contributed by atoms with van der Waals surface area (Å²) in [5, 5.41) is 13.5. The predicted molar refractivity (Wildman–Crippen MR) is 134 cm³/mol. The number of guanidine groups is 1. The van der Waals surface area contributed by atoms with Gasteiger partial charge in [-0.1, -0.05) is 42.5 Å². The molecule has 6 nitrogen and oxygen atoms in total. The van der Waals surface area contributed by atoms with E-state index in [9.17, 15) is 5.11 Å². The minimum Gasteiger partial charge on any atom is -0.389 e. The molecule has 0 spiro atoms. The standard InChI is InChI=1S/C23H36N4O2.HI/c1-2-24-23(25-17-22(28)19-29-18-21-10-11-21)27-15-13-26(14-16-27)12-6-9-20-7-4-3-5-8-20;/h3-9,21-22,28H,2,10-19H2,1H3,(H,24,25);1H/b9-6+;. The molecule has 1 saturated carbocycles. The van der Waals surface area contributed by atoms with Crippen molar-refractivity contribution >= 4 is 36.0 Å². The fourth-order valence-electron chi connectivity index (χ4n) is 3.37. The Morgan fingerprint density at radius 2 is 1.97 bits per heavy atom. The van der Waals surface area contributed by atoms with Crippen LogP contribution >= 0.6 is 24.0 Å². The van der Waals surface area contributed by atoms with Gasteiger partial charge in [0.15, 0.2) is 5.96 Å². The minimum absolute atomic E-state index is 0. The zero-order chi connectivity index (χ0) is 20.3. The maximum absolute atomic E-state index is 10.1. The Morgan fingerprint density at radius 1 is 1.23 bits per heavy atom. The molecule has 3 rings (SSSR count). The number of piperazine rings is 1. The first-order chi connectivity index (χ1) is 14.2. The summed E-state index contributed by atoms with van der Waals surface area (Å²) in [6, 6.07) is 10.4. The van der Waals surface area contributed by atoms with Crippen LogP contribution in [0.4, 0.5) is 0 Å². The summed E-state index contributed by atoms with van der Waals surface area (Å²) < 4.78 is 5.57. The van der Waals surface area contributed by atoms with Crippen molar-refractivity contribution in [3.63, 3.8) is 0 Å². The molecule has 1 aromatic carbocycles. The van der Waals surface area contributed by atoms with Gasteiger partial charge in [0.25, 0.3) is 0 Å². The maximum atomic E-state index is 10.1. The van der Waals surface area contributed by atoms with Crippen LogP contribution in [0.25, 0.3) is 6.08 Å². The number of hydrogen-bond donors (Lipinski definition) is 2. The molecule has 1 aromatic rings. The van der Waals surface area contributed by atoms with E-state index in [-0.39, 0.29) is 24.0 Å². The predicted octanol–water partition coefficient (Wildman–Crippen LogP) is 2.69. The molecule has 1 aliphatic heterocycles. The molecule has 0 amide bonds. The van der Waals surface area contributed by atoms with Crippen molar-refractivity contribution < 1.29 is 9.84 Å². The number of nitrogens with one attached hydrogen (secondary N) is 1. The molecule has 0 radical (unpaired) electrons. The Bertz CT molecular complexity index is 644. The first-order valence-corrected chi connectivity index (χ1v) is 11.0. The second-order valence-electron chi connectivity index (χ2n) is 7.93. The van der Waals surface area contributed by atoms with Gasteiger partial charge in [-0.15, -0.1) is 24.0 Å². The lowest BCUT2D eigenvalue weighted by Crippen LogP contribution is -2.52.